The highest BCUT2D eigenvalue weighted by Gasteiger charge is 2.35. The predicted molar refractivity (Wildman–Crippen MR) is 76.3 cm³/mol. The normalized spacial score (nSPS) is 16.9. The largest absolute Gasteiger partial charge is 0.479 e. The first kappa shape index (κ1) is 15.8. The number of carbonyl (C=O) groups is 1. The van der Waals surface area contributed by atoms with E-state index in [1.54, 1.807) is 17.9 Å². The van der Waals surface area contributed by atoms with Gasteiger partial charge in [-0.3, -0.25) is 9.48 Å². The van der Waals surface area contributed by atoms with E-state index in [0.717, 1.165) is 25.7 Å². The molecule has 0 aliphatic heterocycles. The molecule has 1 saturated carbocycles. The van der Waals surface area contributed by atoms with E-state index >= 15 is 0 Å². The molecule has 0 atom stereocenters. The smallest absolute Gasteiger partial charge is 0.258 e. The number of amides is 1. The third-order valence-corrected chi connectivity index (χ3v) is 3.82. The summed E-state index contributed by atoms with van der Waals surface area (Å²) in [5.74, 6) is 0.0885. The van der Waals surface area contributed by atoms with Crippen LogP contribution in [0.15, 0.2) is 6.20 Å². The van der Waals surface area contributed by atoms with Gasteiger partial charge in [-0.2, -0.15) is 0 Å². The second-order valence-corrected chi connectivity index (χ2v) is 5.37. The van der Waals surface area contributed by atoms with E-state index < -0.39 is 0 Å². The van der Waals surface area contributed by atoms with Crippen molar-refractivity contribution in [1.29, 1.82) is 0 Å². The lowest BCUT2D eigenvalue weighted by Crippen LogP contribution is -2.43. The molecule has 2 N–H and O–H groups in total. The number of aliphatic hydroxyl groups is 1. The molecule has 7 nitrogen and oxygen atoms in total. The monoisotopic (exact) mass is 297 g/mol. The molecule has 0 saturated heterocycles. The number of rotatable bonds is 7. The van der Waals surface area contributed by atoms with E-state index in [1.165, 1.54) is 7.11 Å². The summed E-state index contributed by atoms with van der Waals surface area (Å²) in [6.45, 7) is 0.724. The molecule has 0 spiro atoms. The molecule has 1 amide bonds. The van der Waals surface area contributed by atoms with Gasteiger partial charge in [0.2, 0.25) is 5.88 Å². The highest BCUT2D eigenvalue weighted by Crippen LogP contribution is 2.32. The number of aromatic nitrogens is 2. The van der Waals surface area contributed by atoms with Crippen molar-refractivity contribution in [3.63, 3.8) is 0 Å². The Bertz CT molecular complexity index is 481. The Balaban J connectivity index is 1.98. The van der Waals surface area contributed by atoms with Crippen LogP contribution in [0, 0.1) is 0 Å². The molecular formula is C14H23N3O4. The first-order chi connectivity index (χ1) is 10.1. The summed E-state index contributed by atoms with van der Waals surface area (Å²) in [6.07, 6.45) is 5.59. The third kappa shape index (κ3) is 3.74. The van der Waals surface area contributed by atoms with Gasteiger partial charge in [-0.05, 0) is 12.8 Å². The molecule has 1 heterocycles. The minimum Gasteiger partial charge on any atom is -0.479 e. The fourth-order valence-corrected chi connectivity index (χ4v) is 2.76. The van der Waals surface area contributed by atoms with Crippen LogP contribution in [0.2, 0.25) is 0 Å². The lowest BCUT2D eigenvalue weighted by atomic mass is 10.0. The maximum atomic E-state index is 12.3. The van der Waals surface area contributed by atoms with Crippen molar-refractivity contribution < 1.29 is 19.4 Å². The highest BCUT2D eigenvalue weighted by molar-refractivity contribution is 5.96. The minimum absolute atomic E-state index is 0.00781. The van der Waals surface area contributed by atoms with Crippen molar-refractivity contribution in [2.45, 2.75) is 31.3 Å². The average Bonchev–Trinajstić information content (AvgIpc) is 3.09. The first-order valence-electron chi connectivity index (χ1n) is 7.21. The summed E-state index contributed by atoms with van der Waals surface area (Å²) in [5, 5.41) is 15.9. The number of nitrogens with one attached hydrogen (secondary N) is 1. The van der Waals surface area contributed by atoms with Crippen molar-refractivity contribution in [3.05, 3.63) is 11.8 Å². The number of hydrogen-bond donors (Lipinski definition) is 2. The molecule has 0 unspecified atom stereocenters. The van der Waals surface area contributed by atoms with Crippen LogP contribution in [-0.2, 0) is 11.8 Å². The summed E-state index contributed by atoms with van der Waals surface area (Å²) in [7, 11) is 3.23. The fourth-order valence-electron chi connectivity index (χ4n) is 2.76. The summed E-state index contributed by atoms with van der Waals surface area (Å²) < 4.78 is 12.4. The van der Waals surface area contributed by atoms with Gasteiger partial charge in [0.25, 0.3) is 5.91 Å². The van der Waals surface area contributed by atoms with Gasteiger partial charge in [-0.1, -0.05) is 12.8 Å². The molecule has 7 heteroatoms. The van der Waals surface area contributed by atoms with Gasteiger partial charge in [0.05, 0.1) is 25.9 Å². The second-order valence-electron chi connectivity index (χ2n) is 5.37. The Morgan fingerprint density at radius 3 is 2.86 bits per heavy atom. The van der Waals surface area contributed by atoms with Crippen LogP contribution < -0.4 is 10.1 Å². The summed E-state index contributed by atoms with van der Waals surface area (Å²) in [4.78, 5) is 12.3. The van der Waals surface area contributed by atoms with Gasteiger partial charge in [0.1, 0.15) is 5.56 Å². The zero-order chi connectivity index (χ0) is 15.3. The zero-order valence-electron chi connectivity index (χ0n) is 12.6. The molecule has 118 valence electrons. The number of methoxy groups -OCH3 is 1. The van der Waals surface area contributed by atoms with Crippen LogP contribution in [0.5, 0.6) is 5.88 Å². The van der Waals surface area contributed by atoms with Gasteiger partial charge in [0.15, 0.2) is 0 Å². The van der Waals surface area contributed by atoms with Crippen molar-refractivity contribution in [1.82, 2.24) is 15.1 Å². The van der Waals surface area contributed by atoms with Crippen LogP contribution >= 0.6 is 0 Å². The van der Waals surface area contributed by atoms with Crippen molar-refractivity contribution >= 4 is 5.91 Å². The van der Waals surface area contributed by atoms with E-state index in [2.05, 4.69) is 10.4 Å². The van der Waals surface area contributed by atoms with Crippen molar-refractivity contribution in [3.8, 4) is 5.88 Å². The average molecular weight is 297 g/mol. The second kappa shape index (κ2) is 6.91. The molecule has 1 aromatic heterocycles. The van der Waals surface area contributed by atoms with E-state index in [4.69, 9.17) is 14.6 Å². The fraction of sp³-hybridized carbons (Fsp3) is 0.714. The van der Waals surface area contributed by atoms with Crippen LogP contribution in [0.4, 0.5) is 0 Å². The molecule has 1 aromatic rings. The number of aryl methyl sites for hydroxylation is 1. The minimum atomic E-state index is -0.353. The Kier molecular flexibility index (Phi) is 5.19. The van der Waals surface area contributed by atoms with Crippen molar-refractivity contribution in [2.75, 3.05) is 26.9 Å². The predicted octanol–water partition coefficient (Wildman–Crippen LogP) is 0.480. The molecule has 2 rings (SSSR count). The van der Waals surface area contributed by atoms with E-state index in [1.807, 2.05) is 0 Å². The van der Waals surface area contributed by atoms with Gasteiger partial charge >= 0.3 is 0 Å². The van der Waals surface area contributed by atoms with Crippen LogP contribution in [0.25, 0.3) is 0 Å². The molecule has 0 radical (unpaired) electrons. The lowest BCUT2D eigenvalue weighted by molar-refractivity contribution is -0.0511. The van der Waals surface area contributed by atoms with Gasteiger partial charge in [0, 0.05) is 19.8 Å². The Labute approximate surface area is 124 Å². The number of aliphatic hydroxyl groups excluding tert-OH is 1. The van der Waals surface area contributed by atoms with E-state index in [0.29, 0.717) is 24.6 Å². The number of carbonyl (C=O) groups excluding carboxylic acids is 1. The third-order valence-electron chi connectivity index (χ3n) is 3.82. The number of hydrogen-bond acceptors (Lipinski definition) is 5. The number of nitrogens with zero attached hydrogens (tertiary/aromatic N) is 2. The van der Waals surface area contributed by atoms with Crippen LogP contribution in [-0.4, -0.2) is 53.3 Å². The molecule has 1 aliphatic carbocycles. The van der Waals surface area contributed by atoms with Gasteiger partial charge in [-0.25, -0.2) is 0 Å². The van der Waals surface area contributed by atoms with Gasteiger partial charge in [-0.15, -0.1) is 5.10 Å². The standard InChI is InChI=1S/C14H23N3O4/c1-17-9-11(13(16-17)20-2)12(19)15-10-14(21-8-7-18)5-3-4-6-14/h9,18H,3-8,10H2,1-2H3,(H,15,19). The number of ether oxygens (including phenoxy) is 2. The van der Waals surface area contributed by atoms with Crippen LogP contribution in [0.3, 0.4) is 0 Å². The van der Waals surface area contributed by atoms with E-state index in [9.17, 15) is 4.79 Å². The van der Waals surface area contributed by atoms with Gasteiger partial charge < -0.3 is 19.9 Å². The maximum absolute atomic E-state index is 12.3. The highest BCUT2D eigenvalue weighted by atomic mass is 16.5. The summed E-state index contributed by atoms with van der Waals surface area (Å²) in [5.41, 5.74) is 0.0590. The maximum Gasteiger partial charge on any atom is 0.258 e. The summed E-state index contributed by atoms with van der Waals surface area (Å²) in [6, 6.07) is 0. The van der Waals surface area contributed by atoms with Crippen molar-refractivity contribution in [2.24, 2.45) is 7.05 Å². The lowest BCUT2D eigenvalue weighted by Gasteiger charge is -2.29. The first-order valence-corrected chi connectivity index (χ1v) is 7.21. The SMILES string of the molecule is COc1nn(C)cc1C(=O)NCC1(OCCO)CCCC1. The zero-order valence-corrected chi connectivity index (χ0v) is 12.6. The molecule has 1 aliphatic rings. The Morgan fingerprint density at radius 2 is 2.24 bits per heavy atom. The molecule has 21 heavy (non-hydrogen) atoms. The molecule has 1 fully saturated rings. The molecule has 0 bridgehead atoms. The molecular weight excluding hydrogens is 274 g/mol. The Hall–Kier alpha value is -1.60. The molecule has 0 aromatic carbocycles. The quantitative estimate of drug-likeness (QED) is 0.764. The Morgan fingerprint density at radius 1 is 1.52 bits per heavy atom. The van der Waals surface area contributed by atoms with E-state index in [-0.39, 0.29) is 18.1 Å². The summed E-state index contributed by atoms with van der Waals surface area (Å²) >= 11 is 0. The van der Waals surface area contributed by atoms with Crippen LogP contribution in [0.1, 0.15) is 36.0 Å². The topological polar surface area (TPSA) is 85.6 Å².